The maximum Gasteiger partial charge on any atom is 0.159 e. The van der Waals surface area contributed by atoms with Crippen LogP contribution in [0.2, 0.25) is 10.0 Å². The quantitative estimate of drug-likeness (QED) is 0.120. The zero-order valence-corrected chi connectivity index (χ0v) is 73.6. The second-order valence-corrected chi connectivity index (χ2v) is 35.4. The molecule has 28 rings (SSSR count). The van der Waals surface area contributed by atoms with Crippen molar-refractivity contribution in [1.29, 1.82) is 0 Å². The summed E-state index contributed by atoms with van der Waals surface area (Å²) in [6.45, 7) is 0. The molecular weight excluding hydrogens is 1680 g/mol. The predicted molar refractivity (Wildman–Crippen MR) is 557 cm³/mol. The molecule has 10 heteroatoms. The molecule has 0 amide bonds. The Bertz CT molecular complexity index is 9190. The summed E-state index contributed by atoms with van der Waals surface area (Å²) in [7, 11) is 0. The first kappa shape index (κ1) is 78.2. The van der Waals surface area contributed by atoms with Crippen LogP contribution in [-0.4, -0.2) is 0 Å². The first-order valence-electron chi connectivity index (χ1n) is 45.2. The molecule has 21 aromatic carbocycles. The van der Waals surface area contributed by atoms with Crippen LogP contribution in [0.3, 0.4) is 0 Å². The van der Waals surface area contributed by atoms with Crippen LogP contribution in [0.5, 0.6) is 0 Å². The summed E-state index contributed by atoms with van der Waals surface area (Å²) >= 11 is 12.7. The molecule has 0 fully saturated rings. The third-order valence-corrected chi connectivity index (χ3v) is 27.2. The third kappa shape index (κ3) is 13.1. The average Bonchev–Trinajstić information content (AvgIpc) is 1.60. The molecule has 0 unspecified atom stereocenters. The Morgan fingerprint density at radius 2 is 0.537 bits per heavy atom. The van der Waals surface area contributed by atoms with E-state index in [1.165, 1.54) is 44.2 Å². The van der Waals surface area contributed by atoms with E-state index in [1.54, 1.807) is 0 Å². The van der Waals surface area contributed by atoms with Crippen LogP contribution >= 0.6 is 23.2 Å². The van der Waals surface area contributed by atoms with Gasteiger partial charge in [-0.15, -0.1) is 0 Å². The van der Waals surface area contributed by atoms with Gasteiger partial charge in [0.15, 0.2) is 5.58 Å². The van der Waals surface area contributed by atoms with Gasteiger partial charge in [-0.2, -0.15) is 0 Å². The van der Waals surface area contributed by atoms with Gasteiger partial charge in [0.1, 0.15) is 61.4 Å². The van der Waals surface area contributed by atoms with E-state index in [0.29, 0.717) is 10.0 Å². The molecule has 0 spiro atoms. The highest BCUT2D eigenvalue weighted by Gasteiger charge is 2.31. The second-order valence-electron chi connectivity index (χ2n) is 34.5. The molecule has 0 saturated carbocycles. The number of para-hydroxylation sites is 6. The Balaban J connectivity index is 0.000000132. The number of anilines is 6. The Morgan fingerprint density at radius 3 is 1.00 bits per heavy atom. The van der Waals surface area contributed by atoms with E-state index in [4.69, 9.17) is 49.7 Å². The summed E-state index contributed by atoms with van der Waals surface area (Å²) in [4.78, 5) is 4.66. The highest BCUT2D eigenvalue weighted by molar-refractivity contribution is 6.34. The number of nitrogens with zero attached hydrogens (tertiary/aromatic N) is 2. The van der Waals surface area contributed by atoms with Crippen molar-refractivity contribution in [2.24, 2.45) is 0 Å². The molecule has 0 saturated heterocycles. The molecule has 0 bridgehead atoms. The highest BCUT2D eigenvalue weighted by atomic mass is 35.5. The maximum absolute atomic E-state index is 7.29. The molecule has 0 N–H and O–H groups in total. The topological polar surface area (TPSA) is 85.3 Å². The van der Waals surface area contributed by atoms with Gasteiger partial charge in [-0.3, -0.25) is 0 Å². The molecule has 27 aromatic rings. The van der Waals surface area contributed by atoms with E-state index < -0.39 is 0 Å². The van der Waals surface area contributed by atoms with Crippen molar-refractivity contribution in [3.63, 3.8) is 0 Å². The summed E-state index contributed by atoms with van der Waals surface area (Å²) in [5.41, 5.74) is 32.7. The molecule has 0 aliphatic heterocycles. The number of furan rings is 6. The third-order valence-electron chi connectivity index (χ3n) is 26.7. The number of rotatable bonds is 12. The first-order chi connectivity index (χ1) is 66.3. The predicted octanol–water partition coefficient (Wildman–Crippen LogP) is 36.8. The normalized spacial score (nSPS) is 12.0. The molecule has 0 atom stereocenters. The van der Waals surface area contributed by atoms with Crippen LogP contribution in [0.1, 0.15) is 22.3 Å². The standard InChI is InChI=1S/C71H44N2O3.C34H18Cl2O2.C19H14O/c1-5-19-44(20-6-1)67-59-43-61-55-38-36-50(73(48-26-11-4-12-27-48)63-33-18-31-56-53-29-15-16-34-64(53)74-69(56)63)41-66(55)76-71(61)68(45-21-7-2-8-22-45)58(59)42-60-54-37-35-49(40-65(54)75-70(60)67)72(47-24-9-3-10-25-47)62-32-17-30-52-51-28-14-13-23-46(51)39-57(52)62;35-21-11-13-23-27-18-26-25(31(19-7-3-1-4-8-19)33(27)37-29(23)15-21)17-28-24-14-12-22(36)16-30(24)38-34(28)32(26)20-9-5-2-6-10-20;1-2-7-14(8-3-1)13-15-9-6-11-17-16-10-4-5-12-18(16)20-19(15)17/h1-38,40-43H,39H2;1-18H;1-12H,13H2. The van der Waals surface area contributed by atoms with Gasteiger partial charge in [-0.1, -0.05) is 314 Å². The van der Waals surface area contributed by atoms with Crippen molar-refractivity contribution in [3.05, 3.63) is 469 Å². The van der Waals surface area contributed by atoms with E-state index in [9.17, 15) is 0 Å². The fourth-order valence-corrected chi connectivity index (χ4v) is 21.1. The minimum atomic E-state index is 0.648. The van der Waals surface area contributed by atoms with E-state index in [2.05, 4.69) is 368 Å². The van der Waals surface area contributed by atoms with E-state index in [-0.39, 0.29) is 0 Å². The number of fused-ring (bicyclic) bond motifs is 23. The molecule has 0 radical (unpaired) electrons. The Hall–Kier alpha value is -16.9. The Labute approximate surface area is 778 Å². The van der Waals surface area contributed by atoms with Gasteiger partial charge >= 0.3 is 0 Å². The lowest BCUT2D eigenvalue weighted by Crippen LogP contribution is -2.12. The van der Waals surface area contributed by atoms with Gasteiger partial charge in [0.05, 0.1) is 17.1 Å². The zero-order valence-electron chi connectivity index (χ0n) is 72.1. The van der Waals surface area contributed by atoms with Crippen LogP contribution in [0.15, 0.2) is 463 Å². The molecule has 1 aliphatic rings. The summed E-state index contributed by atoms with van der Waals surface area (Å²) in [5, 5.41) is 18.5. The maximum atomic E-state index is 7.29. The zero-order chi connectivity index (χ0) is 88.6. The largest absolute Gasteiger partial charge is 0.456 e. The fraction of sp³-hybridized carbons (Fsp3) is 0.0161. The molecule has 134 heavy (non-hydrogen) atoms. The smallest absolute Gasteiger partial charge is 0.159 e. The van der Waals surface area contributed by atoms with Crippen LogP contribution in [0, 0.1) is 0 Å². The monoisotopic (exact) mass is 1760 g/mol. The lowest BCUT2D eigenvalue weighted by molar-refractivity contribution is 0.664. The van der Waals surface area contributed by atoms with Crippen LogP contribution in [-0.2, 0) is 12.8 Å². The van der Waals surface area contributed by atoms with Gasteiger partial charge in [-0.05, 0) is 199 Å². The minimum absolute atomic E-state index is 0.648. The van der Waals surface area contributed by atoms with Crippen LogP contribution < -0.4 is 9.80 Å². The Kier molecular flexibility index (Phi) is 18.7. The Morgan fingerprint density at radius 1 is 0.209 bits per heavy atom. The first-order valence-corrected chi connectivity index (χ1v) is 45.9. The minimum Gasteiger partial charge on any atom is -0.456 e. The van der Waals surface area contributed by atoms with Gasteiger partial charge < -0.3 is 36.3 Å². The van der Waals surface area contributed by atoms with E-state index in [1.807, 2.05) is 78.9 Å². The van der Waals surface area contributed by atoms with Gasteiger partial charge in [-0.25, -0.2) is 0 Å². The van der Waals surface area contributed by atoms with Crippen molar-refractivity contribution in [3.8, 4) is 55.6 Å². The van der Waals surface area contributed by atoms with Gasteiger partial charge in [0.25, 0.3) is 0 Å². The molecule has 1 aliphatic carbocycles. The van der Waals surface area contributed by atoms with E-state index >= 15 is 0 Å². The average molecular weight is 1760 g/mol. The van der Waals surface area contributed by atoms with Gasteiger partial charge in [0.2, 0.25) is 0 Å². The summed E-state index contributed by atoms with van der Waals surface area (Å²) in [5.74, 6) is 0. The lowest BCUT2D eigenvalue weighted by Gasteiger charge is -2.27. The molecule has 6 heterocycles. The second kappa shape index (κ2) is 32.1. The lowest BCUT2D eigenvalue weighted by atomic mass is 9.89. The fourth-order valence-electron chi connectivity index (χ4n) is 20.8. The highest BCUT2D eigenvalue weighted by Crippen LogP contribution is 2.55. The van der Waals surface area contributed by atoms with E-state index in [0.717, 1.165) is 234 Å². The van der Waals surface area contributed by atoms with Crippen molar-refractivity contribution in [2.45, 2.75) is 12.8 Å². The van der Waals surface area contributed by atoms with Crippen molar-refractivity contribution in [2.75, 3.05) is 9.80 Å². The molecule has 6 aromatic heterocycles. The number of halogens is 2. The molecule has 8 nitrogen and oxygen atoms in total. The van der Waals surface area contributed by atoms with Crippen molar-refractivity contribution >= 4 is 211 Å². The molecule has 632 valence electrons. The van der Waals surface area contributed by atoms with Crippen LogP contribution in [0.25, 0.3) is 209 Å². The summed E-state index contributed by atoms with van der Waals surface area (Å²) < 4.78 is 40.4. The molecular formula is C124H76Cl2N2O6. The van der Waals surface area contributed by atoms with Gasteiger partial charge in [0, 0.05) is 151 Å². The summed E-state index contributed by atoms with van der Waals surface area (Å²) in [6, 6.07) is 153. The SMILES string of the molecule is Clc1ccc2c(c1)oc1c(-c3ccccc3)c3cc4c(oc5cc(Cl)ccc54)c(-c4ccccc4)c3cc12.c1ccc(-c2c3cc4c(oc5cc(N(c6ccccc6)c6cccc7c6oc6ccccc67)ccc54)c(-c4ccccc4)c3cc3c2oc2cc(N(c4ccccc4)c4cccc5c4Cc4ccccc4-5)ccc23)cc1.c1ccc(Cc2cccc3c2oc2ccccc23)cc1. The van der Waals surface area contributed by atoms with Crippen LogP contribution in [0.4, 0.5) is 34.1 Å². The number of benzene rings is 21. The number of hydrogen-bond acceptors (Lipinski definition) is 8. The van der Waals surface area contributed by atoms with Crippen molar-refractivity contribution < 1.29 is 26.5 Å². The number of hydrogen-bond donors (Lipinski definition) is 0. The summed E-state index contributed by atoms with van der Waals surface area (Å²) in [6.07, 6.45) is 1.78. The van der Waals surface area contributed by atoms with Crippen molar-refractivity contribution in [1.82, 2.24) is 0 Å².